The number of nitrogens with zero attached hydrogens (tertiary/aromatic N) is 1. The molecule has 26 heavy (non-hydrogen) atoms. The molecule has 0 aliphatic carbocycles. The highest BCUT2D eigenvalue weighted by atomic mass is 19.1. The van der Waals surface area contributed by atoms with Crippen LogP contribution in [0, 0.1) is 11.7 Å². The van der Waals surface area contributed by atoms with Gasteiger partial charge in [-0.1, -0.05) is 12.1 Å². The zero-order valence-corrected chi connectivity index (χ0v) is 14.4. The Balaban J connectivity index is 1.53. The molecule has 0 saturated carbocycles. The van der Waals surface area contributed by atoms with Crippen molar-refractivity contribution >= 4 is 23.3 Å². The minimum absolute atomic E-state index is 0.00373. The maximum Gasteiger partial charge on any atom is 0.319 e. The number of anilines is 2. The Kier molecular flexibility index (Phi) is 5.36. The van der Waals surface area contributed by atoms with Crippen LogP contribution in [0.3, 0.4) is 0 Å². The van der Waals surface area contributed by atoms with Crippen LogP contribution in [0.4, 0.5) is 20.6 Å². The molecular formula is C19H20FN3O3. The molecule has 1 heterocycles. The molecule has 1 unspecified atom stereocenters. The number of amides is 3. The SMILES string of the molecule is COc1ccccc1NC(=O)NCC1CC(=O)N(c2ccc(F)cc2)C1. The van der Waals surface area contributed by atoms with Gasteiger partial charge in [-0.05, 0) is 36.4 Å². The van der Waals surface area contributed by atoms with Gasteiger partial charge in [0.2, 0.25) is 5.91 Å². The van der Waals surface area contributed by atoms with Crippen molar-refractivity contribution in [2.45, 2.75) is 6.42 Å². The van der Waals surface area contributed by atoms with Crippen LogP contribution in [-0.2, 0) is 4.79 Å². The molecule has 6 nitrogen and oxygen atoms in total. The number of hydrogen-bond donors (Lipinski definition) is 2. The van der Waals surface area contributed by atoms with Gasteiger partial charge in [0.05, 0.1) is 12.8 Å². The van der Waals surface area contributed by atoms with Gasteiger partial charge in [0, 0.05) is 31.1 Å². The largest absolute Gasteiger partial charge is 0.495 e. The van der Waals surface area contributed by atoms with Gasteiger partial charge < -0.3 is 20.3 Å². The van der Waals surface area contributed by atoms with Crippen molar-refractivity contribution in [3.8, 4) is 5.75 Å². The number of methoxy groups -OCH3 is 1. The Morgan fingerprint density at radius 3 is 2.69 bits per heavy atom. The van der Waals surface area contributed by atoms with Crippen LogP contribution in [0.2, 0.25) is 0 Å². The van der Waals surface area contributed by atoms with E-state index in [0.29, 0.717) is 36.6 Å². The number of hydrogen-bond acceptors (Lipinski definition) is 3. The standard InChI is InChI=1S/C19H20FN3O3/c1-26-17-5-3-2-4-16(17)22-19(25)21-11-13-10-18(24)23(12-13)15-8-6-14(20)7-9-15/h2-9,13H,10-12H2,1H3,(H2,21,22,25). The molecule has 0 spiro atoms. The van der Waals surface area contributed by atoms with E-state index >= 15 is 0 Å². The van der Waals surface area contributed by atoms with Crippen LogP contribution >= 0.6 is 0 Å². The second-order valence-corrected chi connectivity index (χ2v) is 6.09. The Labute approximate surface area is 150 Å². The van der Waals surface area contributed by atoms with Gasteiger partial charge in [0.25, 0.3) is 0 Å². The third-order valence-electron chi connectivity index (χ3n) is 4.25. The summed E-state index contributed by atoms with van der Waals surface area (Å²) in [5.41, 5.74) is 1.24. The van der Waals surface area contributed by atoms with E-state index in [4.69, 9.17) is 4.74 Å². The predicted molar refractivity (Wildman–Crippen MR) is 96.9 cm³/mol. The Morgan fingerprint density at radius 2 is 1.96 bits per heavy atom. The summed E-state index contributed by atoms with van der Waals surface area (Å²) in [4.78, 5) is 25.9. The van der Waals surface area contributed by atoms with Crippen LogP contribution in [0.5, 0.6) is 5.75 Å². The summed E-state index contributed by atoms with van der Waals surface area (Å²) in [7, 11) is 1.53. The molecule has 1 aliphatic rings. The van der Waals surface area contributed by atoms with Crippen molar-refractivity contribution in [1.29, 1.82) is 0 Å². The Bertz CT molecular complexity index is 795. The number of ether oxygens (including phenoxy) is 1. The molecule has 1 aliphatic heterocycles. The number of urea groups is 1. The molecule has 3 amide bonds. The number of halogens is 1. The first-order valence-electron chi connectivity index (χ1n) is 8.30. The first kappa shape index (κ1) is 17.7. The van der Waals surface area contributed by atoms with E-state index in [0.717, 1.165) is 0 Å². The fourth-order valence-corrected chi connectivity index (χ4v) is 2.94. The number of carbonyl (C=O) groups is 2. The molecule has 2 N–H and O–H groups in total. The molecule has 3 rings (SSSR count). The maximum atomic E-state index is 13.0. The summed E-state index contributed by atoms with van der Waals surface area (Å²) in [6.07, 6.45) is 0.340. The van der Waals surface area contributed by atoms with E-state index in [1.165, 1.54) is 19.2 Å². The van der Waals surface area contributed by atoms with Crippen molar-refractivity contribution in [3.05, 3.63) is 54.3 Å². The van der Waals surface area contributed by atoms with E-state index in [2.05, 4.69) is 10.6 Å². The third kappa shape index (κ3) is 4.11. The smallest absolute Gasteiger partial charge is 0.319 e. The maximum absolute atomic E-state index is 13.0. The van der Waals surface area contributed by atoms with Crippen molar-refractivity contribution in [2.24, 2.45) is 5.92 Å². The number of benzene rings is 2. The second-order valence-electron chi connectivity index (χ2n) is 6.09. The lowest BCUT2D eigenvalue weighted by Crippen LogP contribution is -2.34. The van der Waals surface area contributed by atoms with Crippen molar-refractivity contribution < 1.29 is 18.7 Å². The van der Waals surface area contributed by atoms with Gasteiger partial charge in [-0.3, -0.25) is 4.79 Å². The monoisotopic (exact) mass is 357 g/mol. The molecule has 7 heteroatoms. The quantitative estimate of drug-likeness (QED) is 0.864. The van der Waals surface area contributed by atoms with Crippen LogP contribution in [0.25, 0.3) is 0 Å². The Hall–Kier alpha value is -3.09. The fraction of sp³-hybridized carbons (Fsp3) is 0.263. The lowest BCUT2D eigenvalue weighted by Gasteiger charge is -2.17. The van der Waals surface area contributed by atoms with E-state index in [-0.39, 0.29) is 23.7 Å². The molecule has 0 bridgehead atoms. The second kappa shape index (κ2) is 7.86. The zero-order valence-electron chi connectivity index (χ0n) is 14.4. The van der Waals surface area contributed by atoms with Gasteiger partial charge in [-0.2, -0.15) is 0 Å². The molecular weight excluding hydrogens is 337 g/mol. The summed E-state index contributed by atoms with van der Waals surface area (Å²) >= 11 is 0. The van der Waals surface area contributed by atoms with Crippen LogP contribution in [0.1, 0.15) is 6.42 Å². The first-order chi connectivity index (χ1) is 12.6. The molecule has 1 saturated heterocycles. The third-order valence-corrected chi connectivity index (χ3v) is 4.25. The summed E-state index contributed by atoms with van der Waals surface area (Å²) < 4.78 is 18.2. The summed E-state index contributed by atoms with van der Waals surface area (Å²) in [6, 6.07) is 12.6. The molecule has 0 radical (unpaired) electrons. The normalized spacial score (nSPS) is 16.5. The summed E-state index contributed by atoms with van der Waals surface area (Å²) in [5.74, 6) is 0.192. The van der Waals surface area contributed by atoms with E-state index in [9.17, 15) is 14.0 Å². The number of carbonyl (C=O) groups excluding carboxylic acids is 2. The van der Waals surface area contributed by atoms with E-state index in [1.54, 1.807) is 35.2 Å². The van der Waals surface area contributed by atoms with Crippen molar-refractivity contribution in [2.75, 3.05) is 30.4 Å². The predicted octanol–water partition coefficient (Wildman–Crippen LogP) is 3.01. The van der Waals surface area contributed by atoms with Gasteiger partial charge in [0.1, 0.15) is 11.6 Å². The fourth-order valence-electron chi connectivity index (χ4n) is 2.94. The molecule has 1 fully saturated rings. The highest BCUT2D eigenvalue weighted by Crippen LogP contribution is 2.25. The number of rotatable bonds is 5. The molecule has 0 aromatic heterocycles. The minimum Gasteiger partial charge on any atom is -0.495 e. The van der Waals surface area contributed by atoms with Crippen LogP contribution < -0.4 is 20.3 Å². The highest BCUT2D eigenvalue weighted by Gasteiger charge is 2.30. The molecule has 2 aromatic rings. The average Bonchev–Trinajstić information content (AvgIpc) is 3.02. The average molecular weight is 357 g/mol. The Morgan fingerprint density at radius 1 is 1.23 bits per heavy atom. The zero-order chi connectivity index (χ0) is 18.5. The first-order valence-corrected chi connectivity index (χ1v) is 8.30. The number of nitrogens with one attached hydrogen (secondary N) is 2. The summed E-state index contributed by atoms with van der Waals surface area (Å²) in [6.45, 7) is 0.851. The van der Waals surface area contributed by atoms with Crippen LogP contribution in [-0.4, -0.2) is 32.1 Å². The summed E-state index contributed by atoms with van der Waals surface area (Å²) in [5, 5.41) is 5.51. The highest BCUT2D eigenvalue weighted by molar-refractivity contribution is 5.96. The number of para-hydroxylation sites is 2. The van der Waals surface area contributed by atoms with Crippen molar-refractivity contribution in [3.63, 3.8) is 0 Å². The van der Waals surface area contributed by atoms with Crippen molar-refractivity contribution in [1.82, 2.24) is 5.32 Å². The van der Waals surface area contributed by atoms with Gasteiger partial charge in [0.15, 0.2) is 0 Å². The van der Waals surface area contributed by atoms with Gasteiger partial charge >= 0.3 is 6.03 Å². The topological polar surface area (TPSA) is 70.7 Å². The molecule has 1 atom stereocenters. The van der Waals surface area contributed by atoms with E-state index in [1.807, 2.05) is 6.07 Å². The van der Waals surface area contributed by atoms with E-state index < -0.39 is 0 Å². The lowest BCUT2D eigenvalue weighted by atomic mass is 10.1. The van der Waals surface area contributed by atoms with Gasteiger partial charge in [-0.25, -0.2) is 9.18 Å². The lowest BCUT2D eigenvalue weighted by molar-refractivity contribution is -0.117. The van der Waals surface area contributed by atoms with Crippen LogP contribution in [0.15, 0.2) is 48.5 Å². The molecule has 2 aromatic carbocycles. The van der Waals surface area contributed by atoms with Gasteiger partial charge in [-0.15, -0.1) is 0 Å². The molecule has 136 valence electrons. The minimum atomic E-state index is -0.359.